The first kappa shape index (κ1) is 26.2. The first-order chi connectivity index (χ1) is 17.9. The monoisotopic (exact) mass is 511 g/mol. The number of aromatic nitrogens is 2. The van der Waals surface area contributed by atoms with Gasteiger partial charge in [-0.1, -0.05) is 0 Å². The van der Waals surface area contributed by atoms with Crippen LogP contribution in [0.15, 0.2) is 42.7 Å². The summed E-state index contributed by atoms with van der Waals surface area (Å²) >= 11 is 0. The van der Waals surface area contributed by atoms with Crippen molar-refractivity contribution in [3.05, 3.63) is 48.5 Å². The maximum atomic E-state index is 14.9. The van der Waals surface area contributed by atoms with Crippen molar-refractivity contribution in [1.82, 2.24) is 14.9 Å². The third kappa shape index (κ3) is 6.49. The maximum absolute atomic E-state index is 14.9. The fourth-order valence-electron chi connectivity index (χ4n) is 4.24. The lowest BCUT2D eigenvalue weighted by Gasteiger charge is -2.38. The Hall–Kier alpha value is -3.83. The van der Waals surface area contributed by atoms with Crippen molar-refractivity contribution in [3.8, 4) is 5.75 Å². The van der Waals surface area contributed by atoms with E-state index in [0.29, 0.717) is 54.9 Å². The number of morpholine rings is 1. The van der Waals surface area contributed by atoms with Crippen LogP contribution in [0.5, 0.6) is 5.75 Å². The molecule has 4 rings (SSSR count). The van der Waals surface area contributed by atoms with E-state index in [-0.39, 0.29) is 29.8 Å². The zero-order chi connectivity index (χ0) is 26.4. The molecule has 0 bridgehead atoms. The lowest BCUT2D eigenvalue weighted by atomic mass is 10.1. The minimum atomic E-state index is -0.523. The highest BCUT2D eigenvalue weighted by Crippen LogP contribution is 2.29. The Balaban J connectivity index is 1.39. The summed E-state index contributed by atoms with van der Waals surface area (Å²) in [6.45, 7) is 5.40. The number of methoxy groups -OCH3 is 1. The number of nitrogens with zero attached hydrogens (tertiary/aromatic N) is 3. The number of benzene rings is 2. The summed E-state index contributed by atoms with van der Waals surface area (Å²) in [4.78, 5) is 35.2. The number of anilines is 3. The van der Waals surface area contributed by atoms with E-state index in [9.17, 15) is 14.0 Å². The largest absolute Gasteiger partial charge is 0.491 e. The minimum Gasteiger partial charge on any atom is -0.491 e. The number of nitrogens with one attached hydrogen (secondary N) is 2. The van der Waals surface area contributed by atoms with E-state index in [1.807, 2.05) is 13.8 Å². The van der Waals surface area contributed by atoms with Crippen LogP contribution in [0.4, 0.5) is 21.6 Å². The first-order valence-corrected chi connectivity index (χ1v) is 12.0. The molecule has 2 N–H and O–H groups in total. The molecule has 3 aromatic rings. The van der Waals surface area contributed by atoms with Crippen LogP contribution in [0.3, 0.4) is 0 Å². The fourth-order valence-corrected chi connectivity index (χ4v) is 4.24. The number of fused-ring (bicyclic) bond motifs is 1. The first-order valence-electron chi connectivity index (χ1n) is 12.0. The van der Waals surface area contributed by atoms with E-state index < -0.39 is 11.7 Å². The third-order valence-corrected chi connectivity index (χ3v) is 5.92. The smallest absolute Gasteiger partial charge is 0.233 e. The van der Waals surface area contributed by atoms with Crippen LogP contribution in [0.1, 0.15) is 20.3 Å². The van der Waals surface area contributed by atoms with Gasteiger partial charge in [-0.25, -0.2) is 14.4 Å². The average molecular weight is 512 g/mol. The number of ether oxygens (including phenoxy) is 3. The van der Waals surface area contributed by atoms with Gasteiger partial charge in [0.15, 0.2) is 0 Å². The van der Waals surface area contributed by atoms with Gasteiger partial charge in [0.25, 0.3) is 0 Å². The van der Waals surface area contributed by atoms with Gasteiger partial charge >= 0.3 is 0 Å². The van der Waals surface area contributed by atoms with Gasteiger partial charge in [-0.3, -0.25) is 9.59 Å². The molecule has 0 unspecified atom stereocenters. The average Bonchev–Trinajstić information content (AvgIpc) is 2.85. The minimum absolute atomic E-state index is 0.0769. The van der Waals surface area contributed by atoms with E-state index in [1.54, 1.807) is 42.3 Å². The molecule has 0 saturated carbocycles. The topological polar surface area (TPSA) is 115 Å². The highest BCUT2D eigenvalue weighted by atomic mass is 19.1. The summed E-state index contributed by atoms with van der Waals surface area (Å²) in [5.41, 5.74) is 1.55. The van der Waals surface area contributed by atoms with Crippen LogP contribution in [0.25, 0.3) is 10.9 Å². The SMILES string of the molecule is COCCOc1cc(F)c2c(Nc3ccc(NC(=O)CC(=O)N4[C@H](C)COC[C@H]4C)cc3)ncnc2c1. The van der Waals surface area contributed by atoms with Crippen LogP contribution in [-0.2, 0) is 19.1 Å². The number of rotatable bonds is 9. The summed E-state index contributed by atoms with van der Waals surface area (Å²) in [6, 6.07) is 9.58. The van der Waals surface area contributed by atoms with Crippen LogP contribution < -0.4 is 15.4 Å². The van der Waals surface area contributed by atoms with Gasteiger partial charge in [-0.2, -0.15) is 0 Å². The molecule has 37 heavy (non-hydrogen) atoms. The second-order valence-electron chi connectivity index (χ2n) is 8.83. The van der Waals surface area contributed by atoms with Gasteiger partial charge in [0.1, 0.15) is 36.7 Å². The molecule has 11 heteroatoms. The second kappa shape index (κ2) is 11.9. The molecule has 1 fully saturated rings. The summed E-state index contributed by atoms with van der Waals surface area (Å²) in [5, 5.41) is 6.06. The summed E-state index contributed by atoms with van der Waals surface area (Å²) in [6.07, 6.45) is 1.09. The van der Waals surface area contributed by atoms with Gasteiger partial charge in [-0.05, 0) is 38.1 Å². The number of hydrogen-bond acceptors (Lipinski definition) is 8. The highest BCUT2D eigenvalue weighted by molar-refractivity contribution is 6.03. The van der Waals surface area contributed by atoms with Crippen molar-refractivity contribution < 1.29 is 28.2 Å². The van der Waals surface area contributed by atoms with Crippen molar-refractivity contribution in [2.75, 3.05) is 44.2 Å². The number of halogens is 1. The quantitative estimate of drug-likeness (QED) is 0.331. The van der Waals surface area contributed by atoms with Crippen molar-refractivity contribution in [2.24, 2.45) is 0 Å². The van der Waals surface area contributed by atoms with Gasteiger partial charge in [0.2, 0.25) is 11.8 Å². The van der Waals surface area contributed by atoms with Crippen LogP contribution in [-0.4, -0.2) is 72.3 Å². The lowest BCUT2D eigenvalue weighted by molar-refractivity contribution is -0.145. The Morgan fingerprint density at radius 3 is 2.49 bits per heavy atom. The maximum Gasteiger partial charge on any atom is 0.233 e. The van der Waals surface area contributed by atoms with Crippen molar-refractivity contribution in [2.45, 2.75) is 32.4 Å². The van der Waals surface area contributed by atoms with E-state index >= 15 is 0 Å². The molecule has 10 nitrogen and oxygen atoms in total. The number of hydrogen-bond donors (Lipinski definition) is 2. The molecule has 2 atom stereocenters. The Bertz CT molecular complexity index is 1250. The molecule has 0 aliphatic carbocycles. The zero-order valence-electron chi connectivity index (χ0n) is 21.0. The van der Waals surface area contributed by atoms with Crippen molar-refractivity contribution >= 4 is 39.9 Å². The predicted molar refractivity (Wildman–Crippen MR) is 136 cm³/mol. The Morgan fingerprint density at radius 2 is 1.78 bits per heavy atom. The molecular weight excluding hydrogens is 481 g/mol. The van der Waals surface area contributed by atoms with Crippen LogP contribution >= 0.6 is 0 Å². The molecule has 2 heterocycles. The van der Waals surface area contributed by atoms with E-state index in [0.717, 1.165) is 0 Å². The molecule has 1 aliphatic heterocycles. The Labute approximate surface area is 214 Å². The van der Waals surface area contributed by atoms with Gasteiger partial charge < -0.3 is 29.7 Å². The van der Waals surface area contributed by atoms with Gasteiger partial charge in [0.05, 0.1) is 42.8 Å². The van der Waals surface area contributed by atoms with Gasteiger partial charge in [0, 0.05) is 30.6 Å². The molecule has 2 aromatic carbocycles. The van der Waals surface area contributed by atoms with E-state index in [2.05, 4.69) is 20.6 Å². The molecule has 1 saturated heterocycles. The highest BCUT2D eigenvalue weighted by Gasteiger charge is 2.30. The molecule has 1 aliphatic rings. The lowest BCUT2D eigenvalue weighted by Crippen LogP contribution is -2.53. The number of amides is 2. The second-order valence-corrected chi connectivity index (χ2v) is 8.83. The molecule has 0 radical (unpaired) electrons. The normalized spacial score (nSPS) is 17.5. The molecule has 1 aromatic heterocycles. The molecular formula is C26H30FN5O5. The van der Waals surface area contributed by atoms with Gasteiger partial charge in [-0.15, -0.1) is 0 Å². The fraction of sp³-hybridized carbons (Fsp3) is 0.385. The van der Waals surface area contributed by atoms with Crippen LogP contribution in [0, 0.1) is 5.82 Å². The van der Waals surface area contributed by atoms with E-state index in [1.165, 1.54) is 12.4 Å². The predicted octanol–water partition coefficient (Wildman–Crippen LogP) is 3.50. The molecule has 196 valence electrons. The number of carbonyl (C=O) groups is 2. The zero-order valence-corrected chi connectivity index (χ0v) is 21.0. The Morgan fingerprint density at radius 1 is 1.08 bits per heavy atom. The summed E-state index contributed by atoms with van der Waals surface area (Å²) < 4.78 is 30.8. The van der Waals surface area contributed by atoms with Crippen molar-refractivity contribution in [3.63, 3.8) is 0 Å². The van der Waals surface area contributed by atoms with Crippen molar-refractivity contribution in [1.29, 1.82) is 0 Å². The number of carbonyl (C=O) groups excluding carboxylic acids is 2. The molecule has 0 spiro atoms. The molecule has 2 amide bonds. The third-order valence-electron chi connectivity index (χ3n) is 5.92. The summed E-state index contributed by atoms with van der Waals surface area (Å²) in [7, 11) is 1.56. The van der Waals surface area contributed by atoms with Crippen LogP contribution in [0.2, 0.25) is 0 Å². The Kier molecular flexibility index (Phi) is 8.47. The standard InChI is InChI=1S/C26H30FN5O5/c1-16-13-36-14-17(2)32(16)24(34)12-23(33)30-18-4-6-19(7-5-18)31-26-25-21(27)10-20(37-9-8-35-3)11-22(25)28-15-29-26/h4-7,10-11,15-17H,8-9,12-14H2,1-3H3,(H,30,33)(H,28,29,31)/t16-,17-/m1/s1. The van der Waals surface area contributed by atoms with E-state index in [4.69, 9.17) is 14.2 Å². The summed E-state index contributed by atoms with van der Waals surface area (Å²) in [5.74, 6) is -0.511.